The maximum Gasteiger partial charge on any atom is 0.359 e. The zero-order valence-electron chi connectivity index (χ0n) is 16.0. The first-order valence-corrected chi connectivity index (χ1v) is 10.2. The second kappa shape index (κ2) is 7.96. The molecular formula is C22H14N4O4S. The maximum atomic E-state index is 12.9. The molecule has 0 N–H and O–H groups in total. The molecule has 0 spiro atoms. The normalized spacial score (nSPS) is 11.0. The van der Waals surface area contributed by atoms with Crippen LogP contribution >= 0.6 is 11.3 Å². The highest BCUT2D eigenvalue weighted by atomic mass is 32.1. The number of hydrogen-bond acceptors (Lipinski definition) is 8. The molecule has 3 aromatic heterocycles. The molecule has 0 aliphatic carbocycles. The van der Waals surface area contributed by atoms with E-state index in [1.165, 1.54) is 16.0 Å². The summed E-state index contributed by atoms with van der Waals surface area (Å²) in [6.07, 6.45) is 0. The van der Waals surface area contributed by atoms with Crippen molar-refractivity contribution < 1.29 is 14.1 Å². The molecule has 5 aromatic rings. The summed E-state index contributed by atoms with van der Waals surface area (Å²) < 4.78 is 11.8. The number of fused-ring (bicyclic) bond motifs is 1. The number of ether oxygens (including phenoxy) is 1. The molecule has 0 unspecified atom stereocenters. The molecule has 2 aromatic carbocycles. The van der Waals surface area contributed by atoms with Crippen LogP contribution in [0.1, 0.15) is 16.3 Å². The Bertz CT molecular complexity index is 1430. The van der Waals surface area contributed by atoms with Crippen LogP contribution in [0.4, 0.5) is 0 Å². The van der Waals surface area contributed by atoms with Gasteiger partial charge in [0.15, 0.2) is 12.3 Å². The van der Waals surface area contributed by atoms with E-state index in [1.807, 2.05) is 22.9 Å². The summed E-state index contributed by atoms with van der Waals surface area (Å²) in [7, 11) is 0. The van der Waals surface area contributed by atoms with Gasteiger partial charge in [0.2, 0.25) is 5.82 Å². The Labute approximate surface area is 179 Å². The third-order valence-corrected chi connectivity index (χ3v) is 5.25. The fourth-order valence-corrected chi connectivity index (χ4v) is 3.73. The Balaban J connectivity index is 1.47. The lowest BCUT2D eigenvalue weighted by Gasteiger charge is -2.10. The Hall–Kier alpha value is -4.11. The zero-order chi connectivity index (χ0) is 21.2. The number of carbonyl (C=O) groups is 1. The van der Waals surface area contributed by atoms with Gasteiger partial charge >= 0.3 is 5.97 Å². The van der Waals surface area contributed by atoms with E-state index >= 15 is 0 Å². The van der Waals surface area contributed by atoms with Crippen molar-refractivity contribution >= 4 is 28.1 Å². The van der Waals surface area contributed by atoms with Crippen molar-refractivity contribution in [1.82, 2.24) is 19.9 Å². The molecule has 0 saturated heterocycles. The first-order chi connectivity index (χ1) is 15.2. The van der Waals surface area contributed by atoms with E-state index in [4.69, 9.17) is 9.26 Å². The van der Waals surface area contributed by atoms with Crippen molar-refractivity contribution in [2.75, 3.05) is 0 Å². The summed E-state index contributed by atoms with van der Waals surface area (Å²) >= 11 is 1.51. The van der Waals surface area contributed by atoms with Gasteiger partial charge in [-0.2, -0.15) is 26.1 Å². The van der Waals surface area contributed by atoms with Crippen LogP contribution in [0, 0.1) is 0 Å². The molecule has 0 saturated carbocycles. The van der Waals surface area contributed by atoms with Gasteiger partial charge in [-0.1, -0.05) is 41.6 Å². The minimum atomic E-state index is -0.692. The number of hydrogen-bond donors (Lipinski definition) is 0. The smallest absolute Gasteiger partial charge is 0.359 e. The molecule has 31 heavy (non-hydrogen) atoms. The topological polar surface area (TPSA) is 100 Å². The minimum absolute atomic E-state index is 0.0283. The highest BCUT2D eigenvalue weighted by Crippen LogP contribution is 2.20. The van der Waals surface area contributed by atoms with Gasteiger partial charge in [-0.25, -0.2) is 4.79 Å². The van der Waals surface area contributed by atoms with Gasteiger partial charge in [-0.3, -0.25) is 4.79 Å². The predicted octanol–water partition coefficient (Wildman–Crippen LogP) is 3.85. The molecular weight excluding hydrogens is 416 g/mol. The van der Waals surface area contributed by atoms with E-state index in [0.29, 0.717) is 22.4 Å². The van der Waals surface area contributed by atoms with Gasteiger partial charge in [0.1, 0.15) is 0 Å². The molecule has 0 bridgehead atoms. The quantitative estimate of drug-likeness (QED) is 0.390. The van der Waals surface area contributed by atoms with Crippen LogP contribution in [0.5, 0.6) is 0 Å². The Kier molecular flexibility index (Phi) is 4.85. The lowest BCUT2D eigenvalue weighted by Crippen LogP contribution is -2.25. The summed E-state index contributed by atoms with van der Waals surface area (Å²) in [6, 6.07) is 17.5. The molecule has 0 aliphatic rings. The summed E-state index contributed by atoms with van der Waals surface area (Å²) in [5.41, 5.74) is 1.06. The van der Waals surface area contributed by atoms with E-state index < -0.39 is 5.97 Å². The molecule has 0 aliphatic heterocycles. The average Bonchev–Trinajstić information content (AvgIpc) is 3.51. The summed E-state index contributed by atoms with van der Waals surface area (Å²) in [5.74, 6) is -0.105. The van der Waals surface area contributed by atoms with Crippen molar-refractivity contribution in [2.45, 2.75) is 6.61 Å². The maximum absolute atomic E-state index is 12.9. The van der Waals surface area contributed by atoms with Gasteiger partial charge in [0.25, 0.3) is 11.4 Å². The third-order valence-electron chi connectivity index (χ3n) is 4.57. The Morgan fingerprint density at radius 2 is 1.81 bits per heavy atom. The van der Waals surface area contributed by atoms with Crippen LogP contribution in [0.2, 0.25) is 0 Å². The molecule has 3 heterocycles. The molecule has 152 valence electrons. The standard InChI is InChI=1S/C22H14N4O4S/c27-21-17-9-5-4-8-16(17)19(24-26(21)15-6-2-1-3-7-15)22(28)29-12-18-23-20(30-25-18)14-10-11-31-13-14/h1-11,13H,12H2. The lowest BCUT2D eigenvalue weighted by atomic mass is 10.1. The minimum Gasteiger partial charge on any atom is -0.453 e. The van der Waals surface area contributed by atoms with Crippen LogP contribution < -0.4 is 5.56 Å². The molecule has 9 heteroatoms. The lowest BCUT2D eigenvalue weighted by molar-refractivity contribution is 0.0453. The van der Waals surface area contributed by atoms with Crippen molar-refractivity contribution in [3.8, 4) is 17.1 Å². The van der Waals surface area contributed by atoms with Gasteiger partial charge in [0.05, 0.1) is 16.6 Å². The third kappa shape index (κ3) is 3.62. The second-order valence-electron chi connectivity index (χ2n) is 6.55. The molecule has 0 fully saturated rings. The molecule has 0 atom stereocenters. The van der Waals surface area contributed by atoms with Crippen molar-refractivity contribution in [2.24, 2.45) is 0 Å². The monoisotopic (exact) mass is 430 g/mol. The Morgan fingerprint density at radius 3 is 2.58 bits per heavy atom. The molecule has 8 nitrogen and oxygen atoms in total. The second-order valence-corrected chi connectivity index (χ2v) is 7.33. The van der Waals surface area contributed by atoms with E-state index in [-0.39, 0.29) is 23.7 Å². The van der Waals surface area contributed by atoms with Crippen LogP contribution in [-0.4, -0.2) is 25.9 Å². The summed E-state index contributed by atoms with van der Waals surface area (Å²) in [6.45, 7) is -0.188. The van der Waals surface area contributed by atoms with Crippen LogP contribution in [0.15, 0.2) is 80.7 Å². The number of rotatable bonds is 5. The van der Waals surface area contributed by atoms with Gasteiger partial charge in [0, 0.05) is 10.8 Å². The van der Waals surface area contributed by atoms with Crippen molar-refractivity contribution in [3.63, 3.8) is 0 Å². The highest BCUT2D eigenvalue weighted by molar-refractivity contribution is 7.08. The predicted molar refractivity (Wildman–Crippen MR) is 114 cm³/mol. The molecule has 0 amide bonds. The largest absolute Gasteiger partial charge is 0.453 e. The van der Waals surface area contributed by atoms with E-state index in [2.05, 4.69) is 15.2 Å². The SMILES string of the molecule is O=C(OCc1noc(-c2ccsc2)n1)c1nn(-c2ccccc2)c(=O)c2ccccc12. The fraction of sp³-hybridized carbons (Fsp3) is 0.0455. The number of carbonyl (C=O) groups excluding carboxylic acids is 1. The van der Waals surface area contributed by atoms with Crippen molar-refractivity contribution in [1.29, 1.82) is 0 Å². The summed E-state index contributed by atoms with van der Waals surface area (Å²) in [4.78, 5) is 30.0. The van der Waals surface area contributed by atoms with Gasteiger partial charge < -0.3 is 9.26 Å². The number of thiophene rings is 1. The summed E-state index contributed by atoms with van der Waals surface area (Å²) in [5, 5.41) is 12.7. The van der Waals surface area contributed by atoms with Gasteiger partial charge in [-0.05, 0) is 29.6 Å². The van der Waals surface area contributed by atoms with Crippen molar-refractivity contribution in [3.05, 3.63) is 93.3 Å². The number of aromatic nitrogens is 4. The van der Waals surface area contributed by atoms with Crippen LogP contribution in [0.25, 0.3) is 27.9 Å². The van der Waals surface area contributed by atoms with Gasteiger partial charge in [-0.15, -0.1) is 0 Å². The van der Waals surface area contributed by atoms with E-state index in [1.54, 1.807) is 48.5 Å². The number of esters is 1. The van der Waals surface area contributed by atoms with E-state index in [9.17, 15) is 9.59 Å². The Morgan fingerprint density at radius 1 is 1.03 bits per heavy atom. The zero-order valence-corrected chi connectivity index (χ0v) is 16.8. The molecule has 5 rings (SSSR count). The van der Waals surface area contributed by atoms with Crippen LogP contribution in [-0.2, 0) is 11.3 Å². The first-order valence-electron chi connectivity index (χ1n) is 9.30. The highest BCUT2D eigenvalue weighted by Gasteiger charge is 2.20. The van der Waals surface area contributed by atoms with Crippen LogP contribution in [0.3, 0.4) is 0 Å². The number of para-hydroxylation sites is 1. The average molecular weight is 430 g/mol. The fourth-order valence-electron chi connectivity index (χ4n) is 3.10. The first kappa shape index (κ1) is 18.9. The number of nitrogens with zero attached hydrogens (tertiary/aromatic N) is 4. The van der Waals surface area contributed by atoms with E-state index in [0.717, 1.165) is 5.56 Å². The molecule has 0 radical (unpaired) electrons. The number of benzene rings is 2.